The fourth-order valence-corrected chi connectivity index (χ4v) is 5.24. The molecule has 9 nitrogen and oxygen atoms in total. The highest BCUT2D eigenvalue weighted by atomic mass is 32.2. The summed E-state index contributed by atoms with van der Waals surface area (Å²) in [4.78, 5) is 19.2. The Hall–Kier alpha value is -3.11. The van der Waals surface area contributed by atoms with Crippen LogP contribution in [0, 0.1) is 0 Å². The van der Waals surface area contributed by atoms with Gasteiger partial charge in [-0.25, -0.2) is 8.42 Å². The zero-order valence-electron chi connectivity index (χ0n) is 17.5. The molecule has 3 aromatic rings. The highest BCUT2D eigenvalue weighted by molar-refractivity contribution is 7.89. The van der Waals surface area contributed by atoms with Gasteiger partial charge < -0.3 is 19.4 Å². The van der Waals surface area contributed by atoms with Crippen LogP contribution in [0.4, 0.5) is 11.7 Å². The number of benzene rings is 2. The number of amides is 1. The van der Waals surface area contributed by atoms with Crippen LogP contribution in [0.2, 0.25) is 0 Å². The number of carbonyl (C=O) groups excluding carboxylic acids is 1. The second-order valence-corrected chi connectivity index (χ2v) is 9.40. The molecule has 164 valence electrons. The number of anilines is 2. The number of nitrogens with zero attached hydrogens (tertiary/aromatic N) is 3. The summed E-state index contributed by atoms with van der Waals surface area (Å²) in [5, 5.41) is 2.83. The second kappa shape index (κ2) is 8.20. The molecule has 1 amide bonds. The Balaban J connectivity index is 1.54. The Labute approximate surface area is 180 Å². The molecule has 1 saturated heterocycles. The second-order valence-electron chi connectivity index (χ2n) is 7.51. The van der Waals surface area contributed by atoms with Crippen molar-refractivity contribution in [3.63, 3.8) is 0 Å². The molecular formula is C21H24N4O5S. The maximum atomic E-state index is 13.1. The van der Waals surface area contributed by atoms with Gasteiger partial charge in [-0.15, -0.1) is 0 Å². The quantitative estimate of drug-likeness (QED) is 0.623. The molecular weight excluding hydrogens is 420 g/mol. The van der Waals surface area contributed by atoms with E-state index in [4.69, 9.17) is 9.15 Å². The zero-order chi connectivity index (χ0) is 22.2. The van der Waals surface area contributed by atoms with E-state index in [1.807, 2.05) is 14.1 Å². The van der Waals surface area contributed by atoms with Crippen molar-refractivity contribution in [3.8, 4) is 5.75 Å². The van der Waals surface area contributed by atoms with Crippen molar-refractivity contribution in [1.82, 2.24) is 9.29 Å². The molecule has 1 aromatic heterocycles. The molecule has 2 aromatic carbocycles. The predicted molar refractivity (Wildman–Crippen MR) is 117 cm³/mol. The van der Waals surface area contributed by atoms with E-state index in [9.17, 15) is 13.2 Å². The van der Waals surface area contributed by atoms with E-state index in [0.717, 1.165) is 0 Å². The maximum absolute atomic E-state index is 13.1. The number of methoxy groups -OCH3 is 1. The first kappa shape index (κ1) is 21.1. The number of rotatable bonds is 6. The molecule has 1 atom stereocenters. The minimum absolute atomic E-state index is 0.133. The minimum Gasteiger partial charge on any atom is -0.497 e. The third kappa shape index (κ3) is 4.08. The average molecular weight is 445 g/mol. The predicted octanol–water partition coefficient (Wildman–Crippen LogP) is 2.69. The van der Waals surface area contributed by atoms with Gasteiger partial charge in [0.15, 0.2) is 5.58 Å². The first-order chi connectivity index (χ1) is 14.8. The Morgan fingerprint density at radius 3 is 2.65 bits per heavy atom. The van der Waals surface area contributed by atoms with Crippen molar-refractivity contribution in [2.24, 2.45) is 0 Å². The number of carbonyl (C=O) groups is 1. The molecule has 0 bridgehead atoms. The number of hydrogen-bond acceptors (Lipinski definition) is 7. The molecule has 2 heterocycles. The Morgan fingerprint density at radius 1 is 1.23 bits per heavy atom. The van der Waals surface area contributed by atoms with Gasteiger partial charge in [-0.2, -0.15) is 9.29 Å². The summed E-state index contributed by atoms with van der Waals surface area (Å²) in [5.74, 6) is 0.195. The number of aromatic nitrogens is 1. The Bertz CT molecular complexity index is 1200. The monoisotopic (exact) mass is 444 g/mol. The SMILES string of the molecule is COc1ccc(S(=O)(=O)N2CCC[C@H]2C(=O)Nc2ccc3oc(N(C)C)nc3c2)cc1. The van der Waals surface area contributed by atoms with Gasteiger partial charge in [-0.1, -0.05) is 0 Å². The fourth-order valence-electron chi connectivity index (χ4n) is 3.58. The van der Waals surface area contributed by atoms with Crippen LogP contribution in [0.15, 0.2) is 51.8 Å². The molecule has 0 saturated carbocycles. The van der Waals surface area contributed by atoms with Crippen molar-refractivity contribution in [1.29, 1.82) is 0 Å². The zero-order valence-corrected chi connectivity index (χ0v) is 18.3. The van der Waals surface area contributed by atoms with E-state index < -0.39 is 16.1 Å². The molecule has 0 spiro atoms. The van der Waals surface area contributed by atoms with E-state index in [0.29, 0.717) is 47.9 Å². The van der Waals surface area contributed by atoms with Crippen LogP contribution >= 0.6 is 0 Å². The maximum Gasteiger partial charge on any atom is 0.297 e. The molecule has 0 radical (unpaired) electrons. The Kier molecular flexibility index (Phi) is 5.59. The Morgan fingerprint density at radius 2 is 1.97 bits per heavy atom. The minimum atomic E-state index is -3.81. The van der Waals surface area contributed by atoms with Crippen LogP contribution in [0.1, 0.15) is 12.8 Å². The standard InChI is InChI=1S/C21H24N4O5S/c1-24(2)21-23-17-13-14(6-11-19(17)30-21)22-20(26)18-5-4-12-25(18)31(27,28)16-9-7-15(29-3)8-10-16/h6-11,13,18H,4-5,12H2,1-3H3,(H,22,26)/t18-/m0/s1. The van der Waals surface area contributed by atoms with E-state index in [1.54, 1.807) is 35.2 Å². The average Bonchev–Trinajstić information content (AvgIpc) is 3.41. The molecule has 1 fully saturated rings. The molecule has 10 heteroatoms. The van der Waals surface area contributed by atoms with E-state index in [1.165, 1.54) is 23.5 Å². The van der Waals surface area contributed by atoms with Gasteiger partial charge in [0.2, 0.25) is 15.9 Å². The van der Waals surface area contributed by atoms with Crippen LogP contribution in [0.5, 0.6) is 5.75 Å². The molecule has 0 unspecified atom stereocenters. The summed E-state index contributed by atoms with van der Waals surface area (Å²) in [5.41, 5.74) is 1.74. The van der Waals surface area contributed by atoms with Crippen LogP contribution < -0.4 is 15.0 Å². The van der Waals surface area contributed by atoms with Gasteiger partial charge in [0.25, 0.3) is 6.01 Å². The molecule has 4 rings (SSSR count). The summed E-state index contributed by atoms with van der Waals surface area (Å²) in [6.45, 7) is 0.293. The number of oxazole rings is 1. The summed E-state index contributed by atoms with van der Waals surface area (Å²) >= 11 is 0. The van der Waals surface area contributed by atoms with Crippen LogP contribution in [0.3, 0.4) is 0 Å². The van der Waals surface area contributed by atoms with Crippen molar-refractivity contribution < 1.29 is 22.4 Å². The van der Waals surface area contributed by atoms with Gasteiger partial charge in [0.05, 0.1) is 12.0 Å². The number of nitrogens with one attached hydrogen (secondary N) is 1. The summed E-state index contributed by atoms with van der Waals surface area (Å²) in [7, 11) is 1.36. The van der Waals surface area contributed by atoms with Crippen LogP contribution in [-0.2, 0) is 14.8 Å². The van der Waals surface area contributed by atoms with Crippen molar-refractivity contribution in [3.05, 3.63) is 42.5 Å². The van der Waals surface area contributed by atoms with Gasteiger partial charge in [-0.3, -0.25) is 4.79 Å². The smallest absolute Gasteiger partial charge is 0.297 e. The lowest BCUT2D eigenvalue weighted by Gasteiger charge is -2.23. The first-order valence-electron chi connectivity index (χ1n) is 9.84. The fraction of sp³-hybridized carbons (Fsp3) is 0.333. The van der Waals surface area contributed by atoms with Gasteiger partial charge in [0, 0.05) is 26.3 Å². The largest absolute Gasteiger partial charge is 0.497 e. The molecule has 31 heavy (non-hydrogen) atoms. The van der Waals surface area contributed by atoms with Gasteiger partial charge in [0.1, 0.15) is 17.3 Å². The summed E-state index contributed by atoms with van der Waals surface area (Å²) in [6, 6.07) is 11.0. The third-order valence-corrected chi connectivity index (χ3v) is 7.12. The van der Waals surface area contributed by atoms with Gasteiger partial charge >= 0.3 is 0 Å². The molecule has 1 N–H and O–H groups in total. The highest BCUT2D eigenvalue weighted by Gasteiger charge is 2.39. The van der Waals surface area contributed by atoms with Crippen molar-refractivity contribution in [2.45, 2.75) is 23.8 Å². The van der Waals surface area contributed by atoms with Crippen molar-refractivity contribution >= 4 is 38.7 Å². The van der Waals surface area contributed by atoms with E-state index in [-0.39, 0.29) is 10.8 Å². The molecule has 0 aliphatic carbocycles. The lowest BCUT2D eigenvalue weighted by molar-refractivity contribution is -0.119. The van der Waals surface area contributed by atoms with Crippen LogP contribution in [-0.4, -0.2) is 57.4 Å². The molecule has 1 aliphatic heterocycles. The number of sulfonamides is 1. The lowest BCUT2D eigenvalue weighted by atomic mass is 10.2. The first-order valence-corrected chi connectivity index (χ1v) is 11.3. The van der Waals surface area contributed by atoms with Crippen molar-refractivity contribution in [2.75, 3.05) is 38.0 Å². The number of hydrogen-bond donors (Lipinski definition) is 1. The number of fused-ring (bicyclic) bond motifs is 1. The number of ether oxygens (including phenoxy) is 1. The molecule has 1 aliphatic rings. The highest BCUT2D eigenvalue weighted by Crippen LogP contribution is 2.29. The van der Waals surface area contributed by atoms with Gasteiger partial charge in [-0.05, 0) is 55.3 Å². The van der Waals surface area contributed by atoms with E-state index in [2.05, 4.69) is 10.3 Å². The summed E-state index contributed by atoms with van der Waals surface area (Å²) in [6.07, 6.45) is 1.07. The summed E-state index contributed by atoms with van der Waals surface area (Å²) < 4.78 is 38.2. The van der Waals surface area contributed by atoms with E-state index >= 15 is 0 Å². The third-order valence-electron chi connectivity index (χ3n) is 5.20. The van der Waals surface area contributed by atoms with Crippen LogP contribution in [0.25, 0.3) is 11.1 Å². The normalized spacial score (nSPS) is 17.1. The topological polar surface area (TPSA) is 105 Å². The lowest BCUT2D eigenvalue weighted by Crippen LogP contribution is -2.43.